The first-order valence-corrected chi connectivity index (χ1v) is 4.85. The molecule has 0 fully saturated rings. The summed E-state index contributed by atoms with van der Waals surface area (Å²) < 4.78 is 6.46. The van der Waals surface area contributed by atoms with Gasteiger partial charge >= 0.3 is 0 Å². The van der Waals surface area contributed by atoms with Gasteiger partial charge in [0.15, 0.2) is 0 Å². The summed E-state index contributed by atoms with van der Waals surface area (Å²) in [4.78, 5) is 0. The van der Waals surface area contributed by atoms with Gasteiger partial charge in [-0.2, -0.15) is 5.10 Å². The van der Waals surface area contributed by atoms with E-state index in [2.05, 4.69) is 26.1 Å². The number of benzene rings is 1. The molecule has 4 heteroatoms. The minimum atomic E-state index is 0.495. The summed E-state index contributed by atoms with van der Waals surface area (Å²) in [6, 6.07) is 11.1. The van der Waals surface area contributed by atoms with E-state index in [9.17, 15) is 0 Å². The zero-order chi connectivity index (χ0) is 9.80. The molecule has 0 saturated carbocycles. The zero-order valence-electron chi connectivity index (χ0n) is 7.22. The first kappa shape index (κ1) is 9.15. The number of hydrogen-bond donors (Lipinski definition) is 0. The molecule has 0 aliphatic rings. The third-order valence-electron chi connectivity index (χ3n) is 1.58. The van der Waals surface area contributed by atoms with Crippen molar-refractivity contribution >= 4 is 15.9 Å². The van der Waals surface area contributed by atoms with Gasteiger partial charge in [0, 0.05) is 16.7 Å². The minimum absolute atomic E-state index is 0.495. The van der Waals surface area contributed by atoms with Crippen LogP contribution in [0.5, 0.6) is 11.6 Å². The Morgan fingerprint density at radius 1 is 1.07 bits per heavy atom. The highest BCUT2D eigenvalue weighted by Crippen LogP contribution is 2.20. The smallest absolute Gasteiger partial charge is 0.238 e. The Hall–Kier alpha value is -1.42. The maximum absolute atomic E-state index is 5.44. The Morgan fingerprint density at radius 3 is 2.50 bits per heavy atom. The summed E-state index contributed by atoms with van der Waals surface area (Å²) in [5, 5.41) is 7.53. The monoisotopic (exact) mass is 250 g/mol. The van der Waals surface area contributed by atoms with Gasteiger partial charge in [0.1, 0.15) is 5.75 Å². The highest BCUT2D eigenvalue weighted by molar-refractivity contribution is 9.10. The highest BCUT2D eigenvalue weighted by Gasteiger charge is 1.96. The van der Waals surface area contributed by atoms with Gasteiger partial charge in [0.05, 0.1) is 0 Å². The van der Waals surface area contributed by atoms with Crippen molar-refractivity contribution in [3.05, 3.63) is 47.1 Å². The van der Waals surface area contributed by atoms with Gasteiger partial charge in [-0.25, -0.2) is 0 Å². The fraction of sp³-hybridized carbons (Fsp3) is 0. The number of ether oxygens (including phenoxy) is 1. The third-order valence-corrected chi connectivity index (χ3v) is 2.11. The van der Waals surface area contributed by atoms with E-state index < -0.39 is 0 Å². The summed E-state index contributed by atoms with van der Waals surface area (Å²) in [6.45, 7) is 0. The second-order valence-electron chi connectivity index (χ2n) is 2.62. The van der Waals surface area contributed by atoms with E-state index in [0.717, 1.165) is 10.2 Å². The van der Waals surface area contributed by atoms with Crippen LogP contribution in [0.1, 0.15) is 0 Å². The lowest BCUT2D eigenvalue weighted by molar-refractivity contribution is 0.455. The number of halogens is 1. The van der Waals surface area contributed by atoms with Crippen LogP contribution in [0.4, 0.5) is 0 Å². The number of hydrogen-bond acceptors (Lipinski definition) is 3. The molecule has 3 nitrogen and oxygen atoms in total. The molecule has 0 atom stereocenters. The second-order valence-corrected chi connectivity index (χ2v) is 3.53. The Balaban J connectivity index is 2.16. The molecule has 0 saturated heterocycles. The number of nitrogens with zero attached hydrogens (tertiary/aromatic N) is 2. The van der Waals surface area contributed by atoms with Crippen LogP contribution < -0.4 is 4.74 Å². The maximum atomic E-state index is 5.44. The normalized spacial score (nSPS) is 9.79. The van der Waals surface area contributed by atoms with Gasteiger partial charge in [-0.05, 0) is 30.3 Å². The lowest BCUT2D eigenvalue weighted by Crippen LogP contribution is -1.88. The fourth-order valence-corrected chi connectivity index (χ4v) is 1.23. The van der Waals surface area contributed by atoms with Crippen molar-refractivity contribution in [2.24, 2.45) is 0 Å². The molecule has 0 radical (unpaired) electrons. The van der Waals surface area contributed by atoms with Crippen LogP contribution in [-0.4, -0.2) is 10.2 Å². The molecule has 2 rings (SSSR count). The minimum Gasteiger partial charge on any atom is -0.438 e. The molecule has 70 valence electrons. The number of rotatable bonds is 2. The van der Waals surface area contributed by atoms with E-state index in [-0.39, 0.29) is 0 Å². The van der Waals surface area contributed by atoms with Crippen molar-refractivity contribution in [2.45, 2.75) is 0 Å². The van der Waals surface area contributed by atoms with Gasteiger partial charge in [-0.1, -0.05) is 15.9 Å². The average Bonchev–Trinajstić information content (AvgIpc) is 2.23. The standard InChI is InChI=1S/C10H7BrN2O/c11-8-3-5-9(6-4-8)14-10-2-1-7-12-13-10/h1-7H. The predicted molar refractivity (Wildman–Crippen MR) is 56.2 cm³/mol. The topological polar surface area (TPSA) is 35.0 Å². The van der Waals surface area contributed by atoms with E-state index in [1.54, 1.807) is 18.3 Å². The summed E-state index contributed by atoms with van der Waals surface area (Å²) in [6.07, 6.45) is 1.61. The molecule has 1 aromatic carbocycles. The molecule has 0 spiro atoms. The van der Waals surface area contributed by atoms with Gasteiger partial charge in [-0.15, -0.1) is 5.10 Å². The molecule has 2 aromatic rings. The first-order valence-electron chi connectivity index (χ1n) is 4.06. The molecule has 0 aliphatic heterocycles. The van der Waals surface area contributed by atoms with Crippen molar-refractivity contribution in [1.29, 1.82) is 0 Å². The van der Waals surface area contributed by atoms with Gasteiger partial charge < -0.3 is 4.74 Å². The van der Waals surface area contributed by atoms with Crippen LogP contribution in [0.25, 0.3) is 0 Å². The Kier molecular flexibility index (Phi) is 2.74. The molecule has 0 bridgehead atoms. The van der Waals surface area contributed by atoms with Crippen molar-refractivity contribution in [3.8, 4) is 11.6 Å². The van der Waals surface area contributed by atoms with Crippen molar-refractivity contribution in [2.75, 3.05) is 0 Å². The number of aromatic nitrogens is 2. The van der Waals surface area contributed by atoms with Crippen molar-refractivity contribution < 1.29 is 4.74 Å². The van der Waals surface area contributed by atoms with Crippen molar-refractivity contribution in [3.63, 3.8) is 0 Å². The Bertz CT molecular complexity index is 402. The zero-order valence-corrected chi connectivity index (χ0v) is 8.81. The van der Waals surface area contributed by atoms with Gasteiger partial charge in [-0.3, -0.25) is 0 Å². The Labute approximate surface area is 89.9 Å². The van der Waals surface area contributed by atoms with Crippen LogP contribution in [0, 0.1) is 0 Å². The lowest BCUT2D eigenvalue weighted by atomic mass is 10.3. The van der Waals surface area contributed by atoms with Crippen LogP contribution in [0.2, 0.25) is 0 Å². The SMILES string of the molecule is Brc1ccc(Oc2cccnn2)cc1. The van der Waals surface area contributed by atoms with E-state index in [1.165, 1.54) is 0 Å². The molecular formula is C10H7BrN2O. The largest absolute Gasteiger partial charge is 0.438 e. The van der Waals surface area contributed by atoms with Crippen LogP contribution in [0.15, 0.2) is 47.1 Å². The quantitative estimate of drug-likeness (QED) is 0.822. The maximum Gasteiger partial charge on any atom is 0.238 e. The van der Waals surface area contributed by atoms with Gasteiger partial charge in [0.2, 0.25) is 5.88 Å². The molecular weight excluding hydrogens is 244 g/mol. The molecule has 1 heterocycles. The lowest BCUT2D eigenvalue weighted by Gasteiger charge is -2.02. The van der Waals surface area contributed by atoms with Crippen LogP contribution in [-0.2, 0) is 0 Å². The average molecular weight is 251 g/mol. The van der Waals surface area contributed by atoms with Crippen LogP contribution in [0.3, 0.4) is 0 Å². The van der Waals surface area contributed by atoms with Crippen LogP contribution >= 0.6 is 15.9 Å². The molecule has 14 heavy (non-hydrogen) atoms. The molecule has 0 aliphatic carbocycles. The summed E-state index contributed by atoms with van der Waals surface area (Å²) in [7, 11) is 0. The summed E-state index contributed by atoms with van der Waals surface area (Å²) >= 11 is 3.35. The first-order chi connectivity index (χ1) is 6.84. The van der Waals surface area contributed by atoms with E-state index in [0.29, 0.717) is 5.88 Å². The molecule has 0 amide bonds. The molecule has 1 aromatic heterocycles. The van der Waals surface area contributed by atoms with E-state index in [4.69, 9.17) is 4.74 Å². The predicted octanol–water partition coefficient (Wildman–Crippen LogP) is 3.03. The van der Waals surface area contributed by atoms with Gasteiger partial charge in [0.25, 0.3) is 0 Å². The highest BCUT2D eigenvalue weighted by atomic mass is 79.9. The molecule has 0 N–H and O–H groups in total. The Morgan fingerprint density at radius 2 is 1.86 bits per heavy atom. The fourth-order valence-electron chi connectivity index (χ4n) is 0.965. The third kappa shape index (κ3) is 2.29. The van der Waals surface area contributed by atoms with E-state index >= 15 is 0 Å². The van der Waals surface area contributed by atoms with E-state index in [1.807, 2.05) is 24.3 Å². The second kappa shape index (κ2) is 4.19. The van der Waals surface area contributed by atoms with Crippen molar-refractivity contribution in [1.82, 2.24) is 10.2 Å². The summed E-state index contributed by atoms with van der Waals surface area (Å²) in [5.74, 6) is 1.24. The summed E-state index contributed by atoms with van der Waals surface area (Å²) in [5.41, 5.74) is 0. The molecule has 0 unspecified atom stereocenters.